The van der Waals surface area contributed by atoms with Gasteiger partial charge in [0.2, 0.25) is 0 Å². The van der Waals surface area contributed by atoms with E-state index in [2.05, 4.69) is 0 Å². The summed E-state index contributed by atoms with van der Waals surface area (Å²) >= 11 is 0. The normalized spacial score (nSPS) is 17.8. The van der Waals surface area contributed by atoms with Gasteiger partial charge in [-0.1, -0.05) is 20.8 Å². The SMILES string of the molecule is CC(C)(C)C(C)(C)OC(=O)OC1CC1. The van der Waals surface area contributed by atoms with Gasteiger partial charge in [0.15, 0.2) is 0 Å². The molecule has 14 heavy (non-hydrogen) atoms. The standard InChI is InChI=1S/C11H20O3/c1-10(2,3)11(4,5)14-9(12)13-8-6-7-8/h8H,6-7H2,1-5H3. The lowest BCUT2D eigenvalue weighted by Gasteiger charge is -2.37. The number of hydrogen-bond acceptors (Lipinski definition) is 3. The predicted octanol–water partition coefficient (Wildman–Crippen LogP) is 3.13. The molecule has 3 heteroatoms. The third kappa shape index (κ3) is 2.89. The van der Waals surface area contributed by atoms with Gasteiger partial charge < -0.3 is 9.47 Å². The largest absolute Gasteiger partial charge is 0.509 e. The summed E-state index contributed by atoms with van der Waals surface area (Å²) in [6.45, 7) is 9.93. The number of rotatable bonds is 2. The van der Waals surface area contributed by atoms with Crippen LogP contribution in [0.1, 0.15) is 47.5 Å². The fourth-order valence-corrected chi connectivity index (χ4v) is 0.707. The van der Waals surface area contributed by atoms with Crippen molar-refractivity contribution >= 4 is 6.16 Å². The molecule has 0 bridgehead atoms. The van der Waals surface area contributed by atoms with E-state index < -0.39 is 11.8 Å². The molecule has 0 saturated heterocycles. The topological polar surface area (TPSA) is 35.5 Å². The van der Waals surface area contributed by atoms with Crippen LogP contribution in [-0.4, -0.2) is 17.9 Å². The summed E-state index contributed by atoms with van der Waals surface area (Å²) in [5.41, 5.74) is -0.589. The summed E-state index contributed by atoms with van der Waals surface area (Å²) < 4.78 is 10.3. The van der Waals surface area contributed by atoms with Crippen LogP contribution in [0.5, 0.6) is 0 Å². The summed E-state index contributed by atoms with van der Waals surface area (Å²) in [5.74, 6) is 0. The molecule has 0 spiro atoms. The summed E-state index contributed by atoms with van der Waals surface area (Å²) in [6, 6.07) is 0. The Balaban J connectivity index is 2.44. The second-order valence-corrected chi connectivity index (χ2v) is 5.43. The lowest BCUT2D eigenvalue weighted by atomic mass is 9.79. The molecule has 1 aliphatic rings. The Bertz CT molecular complexity index is 221. The van der Waals surface area contributed by atoms with Crippen molar-refractivity contribution < 1.29 is 14.3 Å². The Hall–Kier alpha value is -0.730. The average Bonchev–Trinajstić information content (AvgIpc) is 2.66. The Kier molecular flexibility index (Phi) is 2.79. The molecule has 0 heterocycles. The van der Waals surface area contributed by atoms with E-state index in [9.17, 15) is 4.79 Å². The van der Waals surface area contributed by atoms with Crippen LogP contribution < -0.4 is 0 Å². The first-order chi connectivity index (χ1) is 6.22. The minimum Gasteiger partial charge on any atom is -0.431 e. The second-order valence-electron chi connectivity index (χ2n) is 5.43. The molecule has 0 N–H and O–H groups in total. The molecule has 1 rings (SSSR count). The third-order valence-corrected chi connectivity index (χ3v) is 2.93. The van der Waals surface area contributed by atoms with Crippen molar-refractivity contribution in [3.05, 3.63) is 0 Å². The summed E-state index contributed by atoms with van der Waals surface area (Å²) in [7, 11) is 0. The van der Waals surface area contributed by atoms with Crippen molar-refractivity contribution in [2.24, 2.45) is 5.41 Å². The lowest BCUT2D eigenvalue weighted by Crippen LogP contribution is -2.41. The molecule has 0 aliphatic heterocycles. The van der Waals surface area contributed by atoms with Crippen LogP contribution in [0.3, 0.4) is 0 Å². The van der Waals surface area contributed by atoms with E-state index in [-0.39, 0.29) is 11.5 Å². The molecular formula is C11H20O3. The van der Waals surface area contributed by atoms with Crippen molar-refractivity contribution in [1.29, 1.82) is 0 Å². The van der Waals surface area contributed by atoms with Crippen molar-refractivity contribution in [2.75, 3.05) is 0 Å². The van der Waals surface area contributed by atoms with Gasteiger partial charge >= 0.3 is 6.16 Å². The van der Waals surface area contributed by atoms with Crippen LogP contribution in [0.25, 0.3) is 0 Å². The molecule has 0 atom stereocenters. The second kappa shape index (κ2) is 3.44. The van der Waals surface area contributed by atoms with E-state index in [0.29, 0.717) is 0 Å². The monoisotopic (exact) mass is 200 g/mol. The zero-order valence-electron chi connectivity index (χ0n) is 9.72. The van der Waals surface area contributed by atoms with Crippen molar-refractivity contribution in [2.45, 2.75) is 59.2 Å². The molecule has 1 saturated carbocycles. The summed E-state index contributed by atoms with van der Waals surface area (Å²) in [5, 5.41) is 0. The number of hydrogen-bond donors (Lipinski definition) is 0. The fraction of sp³-hybridized carbons (Fsp3) is 0.909. The molecule has 0 radical (unpaired) electrons. The van der Waals surface area contributed by atoms with Gasteiger partial charge in [0.25, 0.3) is 0 Å². The van der Waals surface area contributed by atoms with Crippen LogP contribution >= 0.6 is 0 Å². The Morgan fingerprint density at radius 2 is 1.64 bits per heavy atom. The van der Waals surface area contributed by atoms with Crippen LogP contribution in [0, 0.1) is 5.41 Å². The van der Waals surface area contributed by atoms with Gasteiger partial charge in [-0.3, -0.25) is 0 Å². The molecule has 3 nitrogen and oxygen atoms in total. The Labute approximate surface area is 85.8 Å². The van der Waals surface area contributed by atoms with E-state index in [1.807, 2.05) is 34.6 Å². The lowest BCUT2D eigenvalue weighted by molar-refractivity contribution is -0.0738. The van der Waals surface area contributed by atoms with Gasteiger partial charge in [-0.2, -0.15) is 0 Å². The van der Waals surface area contributed by atoms with E-state index in [1.165, 1.54) is 0 Å². The average molecular weight is 200 g/mol. The van der Waals surface area contributed by atoms with Gasteiger partial charge in [0.1, 0.15) is 11.7 Å². The number of carbonyl (C=O) groups is 1. The highest BCUT2D eigenvalue weighted by atomic mass is 16.7. The van der Waals surface area contributed by atoms with Crippen LogP contribution in [0.15, 0.2) is 0 Å². The molecule has 1 fully saturated rings. The van der Waals surface area contributed by atoms with Crippen LogP contribution in [0.2, 0.25) is 0 Å². The maximum absolute atomic E-state index is 11.3. The van der Waals surface area contributed by atoms with Crippen LogP contribution in [-0.2, 0) is 9.47 Å². The smallest absolute Gasteiger partial charge is 0.431 e. The minimum absolute atomic E-state index is 0.0877. The third-order valence-electron chi connectivity index (χ3n) is 2.93. The maximum Gasteiger partial charge on any atom is 0.509 e. The van der Waals surface area contributed by atoms with Crippen LogP contribution in [0.4, 0.5) is 4.79 Å². The number of ether oxygens (including phenoxy) is 2. The quantitative estimate of drug-likeness (QED) is 0.642. The van der Waals surface area contributed by atoms with E-state index in [4.69, 9.17) is 9.47 Å². The van der Waals surface area contributed by atoms with Gasteiger partial charge in [-0.05, 0) is 26.7 Å². The Morgan fingerprint density at radius 1 is 1.14 bits per heavy atom. The number of carbonyl (C=O) groups excluding carboxylic acids is 1. The Morgan fingerprint density at radius 3 is 2.00 bits per heavy atom. The fourth-order valence-electron chi connectivity index (χ4n) is 0.707. The van der Waals surface area contributed by atoms with E-state index in [1.54, 1.807) is 0 Å². The predicted molar refractivity (Wildman–Crippen MR) is 54.1 cm³/mol. The van der Waals surface area contributed by atoms with Crippen molar-refractivity contribution in [3.63, 3.8) is 0 Å². The highest BCUT2D eigenvalue weighted by molar-refractivity contribution is 5.61. The van der Waals surface area contributed by atoms with Gasteiger partial charge in [0, 0.05) is 5.41 Å². The molecule has 0 aromatic heterocycles. The summed E-state index contributed by atoms with van der Waals surface area (Å²) in [6.07, 6.45) is 1.53. The van der Waals surface area contributed by atoms with E-state index in [0.717, 1.165) is 12.8 Å². The van der Waals surface area contributed by atoms with Gasteiger partial charge in [-0.25, -0.2) is 4.79 Å². The first kappa shape index (κ1) is 11.3. The molecular weight excluding hydrogens is 180 g/mol. The molecule has 82 valence electrons. The first-order valence-corrected chi connectivity index (χ1v) is 5.12. The highest BCUT2D eigenvalue weighted by Gasteiger charge is 2.38. The first-order valence-electron chi connectivity index (χ1n) is 5.12. The zero-order chi connectivity index (χ0) is 11.0. The van der Waals surface area contributed by atoms with Crippen molar-refractivity contribution in [1.82, 2.24) is 0 Å². The van der Waals surface area contributed by atoms with Crippen molar-refractivity contribution in [3.8, 4) is 0 Å². The van der Waals surface area contributed by atoms with Gasteiger partial charge in [0.05, 0.1) is 0 Å². The van der Waals surface area contributed by atoms with Gasteiger partial charge in [-0.15, -0.1) is 0 Å². The summed E-state index contributed by atoms with van der Waals surface area (Å²) in [4.78, 5) is 11.3. The minimum atomic E-state index is -0.535. The molecule has 0 aromatic carbocycles. The molecule has 1 aliphatic carbocycles. The zero-order valence-corrected chi connectivity index (χ0v) is 9.72. The highest BCUT2D eigenvalue weighted by Crippen LogP contribution is 2.34. The molecule has 0 aromatic rings. The van der Waals surface area contributed by atoms with E-state index >= 15 is 0 Å². The molecule has 0 unspecified atom stereocenters. The molecule has 0 amide bonds. The maximum atomic E-state index is 11.3.